The number of carbonyl (C=O) groups is 2. The van der Waals surface area contributed by atoms with E-state index in [0.717, 1.165) is 23.0 Å². The zero-order chi connectivity index (χ0) is 19.8. The fourth-order valence-corrected chi connectivity index (χ4v) is 4.88. The summed E-state index contributed by atoms with van der Waals surface area (Å²) in [4.78, 5) is 36.9. The van der Waals surface area contributed by atoms with E-state index in [4.69, 9.17) is 0 Å². The van der Waals surface area contributed by atoms with Gasteiger partial charge in [0.25, 0.3) is 0 Å². The van der Waals surface area contributed by atoms with Gasteiger partial charge in [0, 0.05) is 19.5 Å². The third-order valence-electron chi connectivity index (χ3n) is 6.47. The molecule has 0 spiro atoms. The average Bonchev–Trinajstić information content (AvgIpc) is 2.94. The first-order valence-electron chi connectivity index (χ1n) is 10.2. The summed E-state index contributed by atoms with van der Waals surface area (Å²) in [6.45, 7) is 0. The van der Waals surface area contributed by atoms with Crippen molar-refractivity contribution >= 4 is 22.8 Å². The Hall–Kier alpha value is -2.41. The van der Waals surface area contributed by atoms with E-state index in [9.17, 15) is 14.4 Å². The lowest BCUT2D eigenvalue weighted by atomic mass is 9.82. The molecule has 150 valence electrons. The third kappa shape index (κ3) is 3.28. The lowest BCUT2D eigenvalue weighted by molar-refractivity contribution is -0.135. The van der Waals surface area contributed by atoms with Crippen LogP contribution in [0.1, 0.15) is 50.1 Å². The number of imide groups is 1. The van der Waals surface area contributed by atoms with Crippen LogP contribution in [0.4, 0.5) is 0 Å². The highest BCUT2D eigenvalue weighted by Crippen LogP contribution is 2.31. The highest BCUT2D eigenvalue weighted by atomic mass is 16.2. The summed E-state index contributed by atoms with van der Waals surface area (Å²) in [5.41, 5.74) is 2.66. The minimum atomic E-state index is -0.629. The topological polar surface area (TPSA) is 85.1 Å². The molecule has 2 amide bonds. The first kappa shape index (κ1) is 18.9. The number of hydrogen-bond donors (Lipinski definition) is 2. The summed E-state index contributed by atoms with van der Waals surface area (Å²) in [5, 5.41) is 5.74. The highest BCUT2D eigenvalue weighted by molar-refractivity contribution is 6.00. The normalized spacial score (nSPS) is 25.9. The van der Waals surface area contributed by atoms with E-state index < -0.39 is 6.04 Å². The first-order chi connectivity index (χ1) is 13.5. The van der Waals surface area contributed by atoms with Crippen LogP contribution in [0, 0.1) is 5.92 Å². The molecule has 2 aromatic rings. The van der Waals surface area contributed by atoms with Gasteiger partial charge in [-0.25, -0.2) is 4.79 Å². The van der Waals surface area contributed by atoms with Crippen LogP contribution < -0.4 is 16.3 Å². The van der Waals surface area contributed by atoms with Crippen molar-refractivity contribution in [2.45, 2.75) is 57.0 Å². The summed E-state index contributed by atoms with van der Waals surface area (Å²) in [7, 11) is 3.80. The smallest absolute Gasteiger partial charge is 0.317 e. The number of nitrogens with zero attached hydrogens (tertiary/aromatic N) is 2. The van der Waals surface area contributed by atoms with Crippen LogP contribution in [0.2, 0.25) is 0 Å². The predicted molar refractivity (Wildman–Crippen MR) is 107 cm³/mol. The van der Waals surface area contributed by atoms with Crippen LogP contribution in [0.25, 0.3) is 11.0 Å². The van der Waals surface area contributed by atoms with Crippen LogP contribution in [0.3, 0.4) is 0 Å². The second-order valence-corrected chi connectivity index (χ2v) is 8.17. The van der Waals surface area contributed by atoms with Gasteiger partial charge in [0.2, 0.25) is 11.8 Å². The van der Waals surface area contributed by atoms with Crippen LogP contribution in [-0.4, -0.2) is 34.0 Å². The largest absolute Gasteiger partial charge is 0.329 e. The summed E-state index contributed by atoms with van der Waals surface area (Å²) in [6, 6.07) is 5.96. The van der Waals surface area contributed by atoms with Crippen molar-refractivity contribution < 1.29 is 9.59 Å². The zero-order valence-corrected chi connectivity index (χ0v) is 16.5. The molecule has 2 N–H and O–H groups in total. The molecule has 1 aliphatic carbocycles. The number of nitrogens with one attached hydrogen (secondary N) is 2. The molecule has 1 aromatic carbocycles. The third-order valence-corrected chi connectivity index (χ3v) is 6.47. The average molecular weight is 384 g/mol. The van der Waals surface area contributed by atoms with Crippen LogP contribution in [-0.2, 0) is 23.1 Å². The maximum Gasteiger partial charge on any atom is 0.329 e. The van der Waals surface area contributed by atoms with E-state index in [1.165, 1.54) is 25.7 Å². The van der Waals surface area contributed by atoms with Crippen molar-refractivity contribution in [3.8, 4) is 0 Å². The minimum Gasteiger partial charge on any atom is -0.317 e. The Balaban J connectivity index is 1.68. The second kappa shape index (κ2) is 7.54. The van der Waals surface area contributed by atoms with Crippen LogP contribution in [0.15, 0.2) is 23.0 Å². The number of hydrogen-bond acceptors (Lipinski definition) is 4. The molecule has 2 heterocycles. The summed E-state index contributed by atoms with van der Waals surface area (Å²) in [5.74, 6) is -0.0432. The number of imidazole rings is 1. The van der Waals surface area contributed by atoms with Crippen molar-refractivity contribution in [2.24, 2.45) is 13.0 Å². The Morgan fingerprint density at radius 3 is 2.54 bits per heavy atom. The van der Waals surface area contributed by atoms with Crippen LogP contribution in [0.5, 0.6) is 0 Å². The molecular formula is C21H28N4O3. The lowest BCUT2D eigenvalue weighted by Gasteiger charge is -2.28. The Morgan fingerprint density at radius 1 is 1.11 bits per heavy atom. The fraction of sp³-hybridized carbons (Fsp3) is 0.571. The van der Waals surface area contributed by atoms with Gasteiger partial charge in [0.05, 0.1) is 11.0 Å². The second-order valence-electron chi connectivity index (χ2n) is 8.17. The molecule has 1 aromatic heterocycles. The molecule has 2 aliphatic rings. The Morgan fingerprint density at radius 2 is 1.86 bits per heavy atom. The van der Waals surface area contributed by atoms with Gasteiger partial charge in [-0.05, 0) is 63.1 Å². The van der Waals surface area contributed by atoms with Crippen LogP contribution >= 0.6 is 0 Å². The zero-order valence-electron chi connectivity index (χ0n) is 16.5. The minimum absolute atomic E-state index is 0.198. The standard InChI is InChI=1S/C21H28N4O3/c1-22-15-8-6-13(7-9-15)12-14-4-3-5-16-19(14)24(2)21(28)25(16)17-10-11-18(26)23-20(17)27/h3-5,13,15,17,22H,6-12H2,1-2H3,(H,23,26,27)/t13-,15-,17?. The van der Waals surface area contributed by atoms with Gasteiger partial charge >= 0.3 is 5.69 Å². The van der Waals surface area contributed by atoms with Gasteiger partial charge in [-0.1, -0.05) is 12.1 Å². The maximum absolute atomic E-state index is 13.0. The van der Waals surface area contributed by atoms with E-state index in [0.29, 0.717) is 18.4 Å². The van der Waals surface area contributed by atoms with E-state index >= 15 is 0 Å². The Kier molecular flexibility index (Phi) is 5.10. The molecule has 1 saturated heterocycles. The Labute approximate surface area is 164 Å². The molecule has 7 nitrogen and oxygen atoms in total. The van der Waals surface area contributed by atoms with Gasteiger partial charge < -0.3 is 5.32 Å². The van der Waals surface area contributed by atoms with E-state index in [-0.39, 0.29) is 23.9 Å². The van der Waals surface area contributed by atoms with Crippen molar-refractivity contribution in [1.29, 1.82) is 0 Å². The van der Waals surface area contributed by atoms with Crippen molar-refractivity contribution in [3.63, 3.8) is 0 Å². The lowest BCUT2D eigenvalue weighted by Crippen LogP contribution is -2.44. The van der Waals surface area contributed by atoms with Gasteiger partial charge in [-0.15, -0.1) is 0 Å². The monoisotopic (exact) mass is 384 g/mol. The van der Waals surface area contributed by atoms with E-state index in [1.54, 1.807) is 16.2 Å². The SMILES string of the molecule is CN[C@H]1CC[C@H](Cc2cccc3c2n(C)c(=O)n3C2CCC(=O)NC2=O)CC1. The number of piperidine rings is 1. The first-order valence-corrected chi connectivity index (χ1v) is 10.2. The number of fused-ring (bicyclic) bond motifs is 1. The highest BCUT2D eigenvalue weighted by Gasteiger charge is 2.32. The molecule has 0 radical (unpaired) electrons. The summed E-state index contributed by atoms with van der Waals surface area (Å²) in [6.07, 6.45) is 6.31. The number of benzene rings is 1. The number of carbonyl (C=O) groups excluding carboxylic acids is 2. The number of aromatic nitrogens is 2. The molecule has 0 bridgehead atoms. The maximum atomic E-state index is 13.0. The predicted octanol–water partition coefficient (Wildman–Crippen LogP) is 1.64. The fourth-order valence-electron chi connectivity index (χ4n) is 4.88. The van der Waals surface area contributed by atoms with E-state index in [1.807, 2.05) is 19.2 Å². The summed E-state index contributed by atoms with van der Waals surface area (Å²) < 4.78 is 3.23. The number of aryl methyl sites for hydroxylation is 1. The van der Waals surface area contributed by atoms with Crippen molar-refractivity contribution in [2.75, 3.05) is 7.05 Å². The number of para-hydroxylation sites is 1. The molecule has 28 heavy (non-hydrogen) atoms. The summed E-state index contributed by atoms with van der Waals surface area (Å²) >= 11 is 0. The number of rotatable bonds is 4. The molecule has 4 rings (SSSR count). The van der Waals surface area contributed by atoms with Crippen molar-refractivity contribution in [3.05, 3.63) is 34.2 Å². The molecule has 2 fully saturated rings. The molecule has 7 heteroatoms. The quantitative estimate of drug-likeness (QED) is 0.785. The Bertz CT molecular complexity index is 966. The van der Waals surface area contributed by atoms with E-state index in [2.05, 4.69) is 16.7 Å². The van der Waals surface area contributed by atoms with Gasteiger partial charge in [0.15, 0.2) is 0 Å². The molecule has 1 saturated carbocycles. The molecule has 1 unspecified atom stereocenters. The van der Waals surface area contributed by atoms with Crippen molar-refractivity contribution in [1.82, 2.24) is 19.8 Å². The van der Waals surface area contributed by atoms with Gasteiger partial charge in [-0.3, -0.25) is 24.0 Å². The van der Waals surface area contributed by atoms with Gasteiger partial charge in [-0.2, -0.15) is 0 Å². The molecular weight excluding hydrogens is 356 g/mol. The number of amides is 2. The molecule has 1 aliphatic heterocycles. The van der Waals surface area contributed by atoms with Gasteiger partial charge in [0.1, 0.15) is 6.04 Å². The molecule has 1 atom stereocenters.